The molecule has 10 heavy (non-hydrogen) atoms. The lowest BCUT2D eigenvalue weighted by atomic mass is 10.1. The summed E-state index contributed by atoms with van der Waals surface area (Å²) in [5.74, 6) is 0. The molecule has 1 unspecified atom stereocenters. The molecule has 0 saturated carbocycles. The molecule has 0 aliphatic carbocycles. The van der Waals surface area contributed by atoms with Crippen molar-refractivity contribution in [3.63, 3.8) is 0 Å². The fourth-order valence-electron chi connectivity index (χ4n) is 0.791. The Kier molecular flexibility index (Phi) is 2.22. The molecule has 5 heteroatoms. The molecule has 1 rings (SSSR count). The molecule has 1 fully saturated rings. The third kappa shape index (κ3) is 1.28. The van der Waals surface area contributed by atoms with Gasteiger partial charge in [-0.25, -0.2) is 0 Å². The lowest BCUT2D eigenvalue weighted by Crippen LogP contribution is -2.52. The first-order valence-electron chi connectivity index (χ1n) is 2.97. The Labute approximate surface area is 57.5 Å². The van der Waals surface area contributed by atoms with E-state index in [1.165, 1.54) is 0 Å². The van der Waals surface area contributed by atoms with Gasteiger partial charge in [-0.3, -0.25) is 0 Å². The molecule has 0 aromatic heterocycles. The largest absolute Gasteiger partial charge is 0.388 e. The highest BCUT2D eigenvalue weighted by Gasteiger charge is 2.36. The molecule has 4 atom stereocenters. The van der Waals surface area contributed by atoms with Crippen LogP contribution in [0.5, 0.6) is 0 Å². The highest BCUT2D eigenvalue weighted by molar-refractivity contribution is 4.81. The van der Waals surface area contributed by atoms with E-state index in [0.29, 0.717) is 0 Å². The summed E-state index contributed by atoms with van der Waals surface area (Å²) in [4.78, 5) is 0. The molecule has 60 valence electrons. The van der Waals surface area contributed by atoms with Crippen molar-refractivity contribution in [2.24, 2.45) is 0 Å². The van der Waals surface area contributed by atoms with Gasteiger partial charge >= 0.3 is 0 Å². The fourth-order valence-corrected chi connectivity index (χ4v) is 0.791. The van der Waals surface area contributed by atoms with E-state index < -0.39 is 24.6 Å². The molecular formula is C5H10O5. The van der Waals surface area contributed by atoms with Gasteiger partial charge in [0.05, 0.1) is 6.61 Å². The van der Waals surface area contributed by atoms with Crippen LogP contribution in [0.3, 0.4) is 0 Å². The quantitative estimate of drug-likeness (QED) is 0.285. The summed E-state index contributed by atoms with van der Waals surface area (Å²) < 4.78 is 4.47. The molecule has 1 saturated heterocycles. The second-order valence-corrected chi connectivity index (χ2v) is 2.27. The monoisotopic (exact) mass is 151 g/mol. The molecule has 1 aliphatic rings. The van der Waals surface area contributed by atoms with Crippen LogP contribution in [0, 0.1) is 0 Å². The first kappa shape index (κ1) is 7.90. The van der Waals surface area contributed by atoms with Gasteiger partial charge < -0.3 is 25.2 Å². The van der Waals surface area contributed by atoms with Crippen LogP contribution in [0.1, 0.15) is 0 Å². The third-order valence-corrected chi connectivity index (χ3v) is 1.47. The lowest BCUT2D eigenvalue weighted by molar-refractivity contribution is -0.252. The van der Waals surface area contributed by atoms with Crippen LogP contribution in [0.15, 0.2) is 0 Å². The van der Waals surface area contributed by atoms with Crippen molar-refractivity contribution in [1.29, 1.82) is 0 Å². The first-order valence-corrected chi connectivity index (χ1v) is 2.97. The van der Waals surface area contributed by atoms with Gasteiger partial charge in [-0.2, -0.15) is 0 Å². The Balaban J connectivity index is 2.52. The van der Waals surface area contributed by atoms with Gasteiger partial charge in [-0.15, -0.1) is 0 Å². The van der Waals surface area contributed by atoms with Crippen molar-refractivity contribution < 1.29 is 25.2 Å². The zero-order valence-electron chi connectivity index (χ0n) is 5.21. The van der Waals surface area contributed by atoms with E-state index in [1.54, 1.807) is 0 Å². The van der Waals surface area contributed by atoms with Gasteiger partial charge in [-0.1, -0.05) is 0 Å². The van der Waals surface area contributed by atoms with E-state index in [2.05, 4.69) is 4.74 Å². The van der Waals surface area contributed by atoms with Gasteiger partial charge in [0.1, 0.15) is 18.3 Å². The Morgan fingerprint density at radius 1 is 1.00 bits per heavy atom. The molecule has 4 N–H and O–H groups in total. The van der Waals surface area contributed by atoms with E-state index in [0.717, 1.165) is 0 Å². The number of ether oxygens (including phenoxy) is 1. The minimum absolute atomic E-state index is 0.153. The predicted octanol–water partition coefficient (Wildman–Crippen LogP) is -2.58. The number of hydrogen-bond acceptors (Lipinski definition) is 5. The highest BCUT2D eigenvalue weighted by Crippen LogP contribution is 2.12. The van der Waals surface area contributed by atoms with E-state index in [4.69, 9.17) is 20.4 Å². The van der Waals surface area contributed by atoms with E-state index in [1.807, 2.05) is 0 Å². The molecule has 0 amide bonds. The Morgan fingerprint density at radius 2 is 1.60 bits per heavy atom. The van der Waals surface area contributed by atoms with Crippen molar-refractivity contribution in [2.45, 2.75) is 24.6 Å². The van der Waals surface area contributed by atoms with Gasteiger partial charge in [0.25, 0.3) is 0 Å². The lowest BCUT2D eigenvalue weighted by Gasteiger charge is -2.31. The standard InChI is InChI=1S/C5H10O5/c6-2-1-10-5(9)4(8)3(2)7/h2-9H,1H2/t2-,3-,4+,5?/m0/s1/i5+1. The average molecular weight is 151 g/mol. The Morgan fingerprint density at radius 3 is 2.10 bits per heavy atom. The zero-order chi connectivity index (χ0) is 7.72. The minimum Gasteiger partial charge on any atom is -0.388 e. The molecule has 1 heterocycles. The Hall–Kier alpha value is -0.200. The molecular weight excluding hydrogens is 141 g/mol. The number of aliphatic hydroxyl groups excluding tert-OH is 4. The van der Waals surface area contributed by atoms with E-state index in [9.17, 15) is 0 Å². The first-order chi connectivity index (χ1) is 4.63. The van der Waals surface area contributed by atoms with E-state index in [-0.39, 0.29) is 6.61 Å². The summed E-state index contributed by atoms with van der Waals surface area (Å²) in [5, 5.41) is 35.3. The highest BCUT2D eigenvalue weighted by atomic mass is 16.7. The second-order valence-electron chi connectivity index (χ2n) is 2.27. The molecule has 0 spiro atoms. The molecule has 0 aromatic carbocycles. The van der Waals surface area contributed by atoms with Crippen LogP contribution in [0.2, 0.25) is 0 Å². The van der Waals surface area contributed by atoms with Gasteiger partial charge in [0, 0.05) is 0 Å². The SMILES string of the molecule is O[C@@H]1[C@@H](O)[13CH](O)OC[C@@H]1O. The summed E-state index contributed by atoms with van der Waals surface area (Å²) in [6.45, 7) is -0.153. The van der Waals surface area contributed by atoms with E-state index >= 15 is 0 Å². The maximum atomic E-state index is 8.88. The van der Waals surface area contributed by atoms with Crippen LogP contribution in [-0.4, -0.2) is 51.6 Å². The van der Waals surface area contributed by atoms with Crippen LogP contribution >= 0.6 is 0 Å². The predicted molar refractivity (Wildman–Crippen MR) is 30.0 cm³/mol. The van der Waals surface area contributed by atoms with Gasteiger partial charge in [0.15, 0.2) is 6.29 Å². The van der Waals surface area contributed by atoms with Crippen molar-refractivity contribution in [3.05, 3.63) is 0 Å². The molecule has 0 radical (unpaired) electrons. The normalized spacial score (nSPS) is 49.2. The van der Waals surface area contributed by atoms with Crippen LogP contribution in [0.25, 0.3) is 0 Å². The fraction of sp³-hybridized carbons (Fsp3) is 1.00. The molecule has 5 nitrogen and oxygen atoms in total. The summed E-state index contributed by atoms with van der Waals surface area (Å²) in [6, 6.07) is 0. The average Bonchev–Trinajstić information content (AvgIpc) is 1.93. The number of rotatable bonds is 0. The maximum absolute atomic E-state index is 8.88. The smallest absolute Gasteiger partial charge is 0.183 e. The van der Waals surface area contributed by atoms with Crippen LogP contribution in [-0.2, 0) is 4.74 Å². The summed E-state index contributed by atoms with van der Waals surface area (Å²) >= 11 is 0. The number of aliphatic hydroxyl groups is 4. The second kappa shape index (κ2) is 2.81. The van der Waals surface area contributed by atoms with Crippen LogP contribution < -0.4 is 0 Å². The zero-order valence-corrected chi connectivity index (χ0v) is 5.21. The molecule has 0 bridgehead atoms. The summed E-state index contributed by atoms with van der Waals surface area (Å²) in [7, 11) is 0. The van der Waals surface area contributed by atoms with Crippen molar-refractivity contribution in [3.8, 4) is 0 Å². The molecule has 0 aromatic rings. The summed E-state index contributed by atoms with van der Waals surface area (Å²) in [6.07, 6.45) is -5.23. The third-order valence-electron chi connectivity index (χ3n) is 1.47. The van der Waals surface area contributed by atoms with Crippen molar-refractivity contribution in [1.82, 2.24) is 0 Å². The number of hydrogen-bond donors (Lipinski definition) is 4. The van der Waals surface area contributed by atoms with Crippen molar-refractivity contribution >= 4 is 0 Å². The van der Waals surface area contributed by atoms with Gasteiger partial charge in [-0.05, 0) is 0 Å². The Bertz CT molecular complexity index is 103. The molecule has 1 aliphatic heterocycles. The van der Waals surface area contributed by atoms with Crippen molar-refractivity contribution in [2.75, 3.05) is 6.61 Å². The van der Waals surface area contributed by atoms with Crippen LogP contribution in [0.4, 0.5) is 0 Å². The minimum atomic E-state index is -1.41. The topological polar surface area (TPSA) is 90.2 Å². The summed E-state index contributed by atoms with van der Waals surface area (Å²) in [5.41, 5.74) is 0. The van der Waals surface area contributed by atoms with Gasteiger partial charge in [0.2, 0.25) is 0 Å². The maximum Gasteiger partial charge on any atom is 0.183 e.